The zero-order valence-corrected chi connectivity index (χ0v) is 10.0. The molecule has 0 saturated carbocycles. The van der Waals surface area contributed by atoms with E-state index in [2.05, 4.69) is 5.32 Å². The first-order chi connectivity index (χ1) is 8.70. The summed E-state index contributed by atoms with van der Waals surface area (Å²) in [5.74, 6) is -0.275. The average Bonchev–Trinajstić information content (AvgIpc) is 2.38. The van der Waals surface area contributed by atoms with Crippen molar-refractivity contribution in [2.45, 2.75) is 6.92 Å². The maximum Gasteiger partial charge on any atom is 0.256 e. The Kier molecular flexibility index (Phi) is 3.53. The van der Waals surface area contributed by atoms with Crippen LogP contribution in [0.15, 0.2) is 48.5 Å². The summed E-state index contributed by atoms with van der Waals surface area (Å²) < 4.78 is 0. The van der Waals surface area contributed by atoms with Gasteiger partial charge in [-0.25, -0.2) is 0 Å². The van der Waals surface area contributed by atoms with Crippen LogP contribution >= 0.6 is 0 Å². The van der Waals surface area contributed by atoms with E-state index in [0.29, 0.717) is 17.4 Å². The molecule has 0 atom stereocenters. The van der Waals surface area contributed by atoms with E-state index in [1.807, 2.05) is 31.2 Å². The minimum Gasteiger partial charge on any atom is -0.322 e. The first-order valence-electron chi connectivity index (χ1n) is 5.63. The van der Waals surface area contributed by atoms with Gasteiger partial charge in [0, 0.05) is 11.3 Å². The van der Waals surface area contributed by atoms with Gasteiger partial charge in [0.15, 0.2) is 6.29 Å². The van der Waals surface area contributed by atoms with Crippen LogP contribution in [0.2, 0.25) is 0 Å². The van der Waals surface area contributed by atoms with Crippen LogP contribution in [0, 0.1) is 6.92 Å². The Labute approximate surface area is 105 Å². The largest absolute Gasteiger partial charge is 0.322 e. The molecule has 3 nitrogen and oxygen atoms in total. The lowest BCUT2D eigenvalue weighted by Crippen LogP contribution is -2.14. The quantitative estimate of drug-likeness (QED) is 0.837. The highest BCUT2D eigenvalue weighted by atomic mass is 16.1. The molecule has 2 aromatic rings. The van der Waals surface area contributed by atoms with Crippen molar-refractivity contribution in [2.24, 2.45) is 0 Å². The van der Waals surface area contributed by atoms with Gasteiger partial charge in [-0.3, -0.25) is 9.59 Å². The molecule has 2 aromatic carbocycles. The third-order valence-electron chi connectivity index (χ3n) is 2.61. The SMILES string of the molecule is Cc1cccc(NC(=O)c2ccccc2C=O)c1. The molecule has 0 aliphatic rings. The van der Waals surface area contributed by atoms with Gasteiger partial charge in [-0.2, -0.15) is 0 Å². The summed E-state index contributed by atoms with van der Waals surface area (Å²) in [6.45, 7) is 1.95. The van der Waals surface area contributed by atoms with Crippen LogP contribution in [0.25, 0.3) is 0 Å². The van der Waals surface area contributed by atoms with E-state index in [-0.39, 0.29) is 5.91 Å². The van der Waals surface area contributed by atoms with Gasteiger partial charge >= 0.3 is 0 Å². The first kappa shape index (κ1) is 12.0. The number of nitrogens with one attached hydrogen (secondary N) is 1. The van der Waals surface area contributed by atoms with Crippen molar-refractivity contribution in [2.75, 3.05) is 5.32 Å². The van der Waals surface area contributed by atoms with Crippen molar-refractivity contribution >= 4 is 17.9 Å². The topological polar surface area (TPSA) is 46.2 Å². The molecular weight excluding hydrogens is 226 g/mol. The number of carbonyl (C=O) groups excluding carboxylic acids is 2. The lowest BCUT2D eigenvalue weighted by Gasteiger charge is -2.07. The molecule has 1 amide bonds. The smallest absolute Gasteiger partial charge is 0.256 e. The third kappa shape index (κ3) is 2.63. The number of amides is 1. The van der Waals surface area contributed by atoms with Gasteiger partial charge in [-0.1, -0.05) is 30.3 Å². The van der Waals surface area contributed by atoms with Gasteiger partial charge in [0.1, 0.15) is 0 Å². The predicted octanol–water partition coefficient (Wildman–Crippen LogP) is 3.06. The number of hydrogen-bond acceptors (Lipinski definition) is 2. The number of hydrogen-bond donors (Lipinski definition) is 1. The highest BCUT2D eigenvalue weighted by Crippen LogP contribution is 2.13. The van der Waals surface area contributed by atoms with Crippen LogP contribution in [0.3, 0.4) is 0 Å². The fourth-order valence-electron chi connectivity index (χ4n) is 1.73. The van der Waals surface area contributed by atoms with Gasteiger partial charge in [0.2, 0.25) is 0 Å². The van der Waals surface area contributed by atoms with Gasteiger partial charge in [0.05, 0.1) is 5.56 Å². The molecule has 0 bridgehead atoms. The Balaban J connectivity index is 2.25. The number of carbonyl (C=O) groups is 2. The second kappa shape index (κ2) is 5.27. The summed E-state index contributed by atoms with van der Waals surface area (Å²) in [4.78, 5) is 22.9. The third-order valence-corrected chi connectivity index (χ3v) is 2.61. The van der Waals surface area contributed by atoms with E-state index < -0.39 is 0 Å². The molecule has 90 valence electrons. The van der Waals surface area contributed by atoms with E-state index in [0.717, 1.165) is 11.3 Å². The second-order valence-electron chi connectivity index (χ2n) is 4.03. The van der Waals surface area contributed by atoms with Crippen LogP contribution in [0.4, 0.5) is 5.69 Å². The van der Waals surface area contributed by atoms with Gasteiger partial charge < -0.3 is 5.32 Å². The van der Waals surface area contributed by atoms with E-state index in [1.54, 1.807) is 24.3 Å². The number of benzene rings is 2. The van der Waals surface area contributed by atoms with Crippen molar-refractivity contribution in [1.29, 1.82) is 0 Å². The molecule has 0 fully saturated rings. The first-order valence-corrected chi connectivity index (χ1v) is 5.63. The van der Waals surface area contributed by atoms with E-state index in [4.69, 9.17) is 0 Å². The second-order valence-corrected chi connectivity index (χ2v) is 4.03. The molecule has 18 heavy (non-hydrogen) atoms. The van der Waals surface area contributed by atoms with Crippen LogP contribution in [-0.2, 0) is 0 Å². The molecule has 0 aliphatic carbocycles. The van der Waals surface area contributed by atoms with Gasteiger partial charge in [-0.05, 0) is 30.7 Å². The minimum atomic E-state index is -0.275. The molecule has 0 aliphatic heterocycles. The molecule has 0 radical (unpaired) electrons. The Morgan fingerprint density at radius 1 is 1.11 bits per heavy atom. The minimum absolute atomic E-state index is 0.275. The Bertz CT molecular complexity index is 591. The average molecular weight is 239 g/mol. The van der Waals surface area contributed by atoms with Crippen LogP contribution in [0.5, 0.6) is 0 Å². The Morgan fingerprint density at radius 3 is 2.61 bits per heavy atom. The summed E-state index contributed by atoms with van der Waals surface area (Å²) in [5, 5.41) is 2.78. The molecule has 0 spiro atoms. The summed E-state index contributed by atoms with van der Waals surface area (Å²) in [7, 11) is 0. The van der Waals surface area contributed by atoms with Crippen molar-refractivity contribution < 1.29 is 9.59 Å². The lowest BCUT2D eigenvalue weighted by atomic mass is 10.1. The van der Waals surface area contributed by atoms with Crippen molar-refractivity contribution in [1.82, 2.24) is 0 Å². The number of aldehydes is 1. The zero-order valence-electron chi connectivity index (χ0n) is 10.0. The summed E-state index contributed by atoms with van der Waals surface area (Å²) >= 11 is 0. The molecule has 0 heterocycles. The summed E-state index contributed by atoms with van der Waals surface area (Å²) in [6.07, 6.45) is 0.686. The number of anilines is 1. The van der Waals surface area contributed by atoms with Crippen molar-refractivity contribution in [3.63, 3.8) is 0 Å². The van der Waals surface area contributed by atoms with Crippen molar-refractivity contribution in [3.05, 3.63) is 65.2 Å². The fourth-order valence-corrected chi connectivity index (χ4v) is 1.73. The maximum absolute atomic E-state index is 12.0. The molecular formula is C15H13NO2. The van der Waals surface area contributed by atoms with E-state index >= 15 is 0 Å². The number of aryl methyl sites for hydroxylation is 1. The van der Waals surface area contributed by atoms with Crippen LogP contribution < -0.4 is 5.32 Å². The normalized spacial score (nSPS) is 9.83. The Hall–Kier alpha value is -2.42. The molecule has 0 unspecified atom stereocenters. The standard InChI is InChI=1S/C15H13NO2/c1-11-5-4-7-13(9-11)16-15(18)14-8-3-2-6-12(14)10-17/h2-10H,1H3,(H,16,18). The van der Waals surface area contributed by atoms with Crippen LogP contribution in [0.1, 0.15) is 26.3 Å². The molecule has 3 heteroatoms. The summed E-state index contributed by atoms with van der Waals surface area (Å²) in [5.41, 5.74) is 2.56. The van der Waals surface area contributed by atoms with Gasteiger partial charge in [-0.15, -0.1) is 0 Å². The maximum atomic E-state index is 12.0. The summed E-state index contributed by atoms with van der Waals surface area (Å²) in [6, 6.07) is 14.2. The highest BCUT2D eigenvalue weighted by Gasteiger charge is 2.10. The monoisotopic (exact) mass is 239 g/mol. The molecule has 1 N–H and O–H groups in total. The highest BCUT2D eigenvalue weighted by molar-refractivity contribution is 6.08. The zero-order chi connectivity index (χ0) is 13.0. The van der Waals surface area contributed by atoms with E-state index in [9.17, 15) is 9.59 Å². The molecule has 0 aromatic heterocycles. The molecule has 2 rings (SSSR count). The number of rotatable bonds is 3. The Morgan fingerprint density at radius 2 is 1.89 bits per heavy atom. The van der Waals surface area contributed by atoms with Crippen molar-refractivity contribution in [3.8, 4) is 0 Å². The van der Waals surface area contributed by atoms with E-state index in [1.165, 1.54) is 0 Å². The lowest BCUT2D eigenvalue weighted by molar-refractivity contribution is 0.101. The molecule has 0 saturated heterocycles. The van der Waals surface area contributed by atoms with Gasteiger partial charge in [0.25, 0.3) is 5.91 Å². The van der Waals surface area contributed by atoms with Crippen LogP contribution in [-0.4, -0.2) is 12.2 Å². The fraction of sp³-hybridized carbons (Fsp3) is 0.0667. The predicted molar refractivity (Wildman–Crippen MR) is 71.0 cm³/mol.